The molecule has 1 aromatic carbocycles. The van der Waals surface area contributed by atoms with Crippen LogP contribution in [0.4, 0.5) is 8.78 Å². The number of hydrogen-bond donors (Lipinski definition) is 1. The van der Waals surface area contributed by atoms with Gasteiger partial charge in [-0.2, -0.15) is 4.39 Å². The van der Waals surface area contributed by atoms with Gasteiger partial charge in [-0.25, -0.2) is 4.39 Å². The predicted octanol–water partition coefficient (Wildman–Crippen LogP) is 2.23. The molecule has 2 N–H and O–H groups in total. The van der Waals surface area contributed by atoms with Gasteiger partial charge in [0.2, 0.25) is 11.7 Å². The molecule has 88 valence electrons. The quantitative estimate of drug-likeness (QED) is 0.866. The lowest BCUT2D eigenvalue weighted by Crippen LogP contribution is -2.26. The second-order valence-electron chi connectivity index (χ2n) is 3.31. The van der Waals surface area contributed by atoms with E-state index in [-0.39, 0.29) is 12.4 Å². The van der Waals surface area contributed by atoms with Gasteiger partial charge in [-0.1, -0.05) is 22.9 Å². The van der Waals surface area contributed by atoms with Gasteiger partial charge in [0.1, 0.15) is 0 Å². The molecule has 0 fully saturated rings. The van der Waals surface area contributed by atoms with Crippen molar-refractivity contribution in [2.45, 2.75) is 6.92 Å². The maximum atomic E-state index is 13.2. The molecule has 1 amide bonds. The largest absolute Gasteiger partial charge is 0.490 e. The number of ether oxygens (including phenoxy) is 1. The number of carbonyl (C=O) groups is 1. The summed E-state index contributed by atoms with van der Waals surface area (Å²) in [4.78, 5) is 10.7. The Morgan fingerprint density at radius 3 is 2.75 bits per heavy atom. The lowest BCUT2D eigenvalue weighted by Gasteiger charge is -2.11. The molecular weight excluding hydrogens is 284 g/mol. The maximum Gasteiger partial charge on any atom is 0.223 e. The molecule has 0 aliphatic carbocycles. The Hall–Kier alpha value is -1.17. The number of hydrogen-bond acceptors (Lipinski definition) is 2. The Balaban J connectivity index is 2.78. The first kappa shape index (κ1) is 12.9. The third-order valence-electron chi connectivity index (χ3n) is 1.93. The van der Waals surface area contributed by atoms with Gasteiger partial charge in [0.15, 0.2) is 11.6 Å². The highest BCUT2D eigenvalue weighted by Gasteiger charge is 2.14. The Kier molecular flexibility index (Phi) is 4.23. The van der Waals surface area contributed by atoms with Crippen LogP contribution >= 0.6 is 15.9 Å². The number of carbonyl (C=O) groups excluding carboxylic acids is 1. The average molecular weight is 294 g/mol. The summed E-state index contributed by atoms with van der Waals surface area (Å²) >= 11 is 3.00. The van der Waals surface area contributed by atoms with E-state index in [1.165, 1.54) is 13.0 Å². The molecule has 6 heteroatoms. The fraction of sp³-hybridized carbons (Fsp3) is 0.300. The van der Waals surface area contributed by atoms with E-state index < -0.39 is 23.5 Å². The van der Waals surface area contributed by atoms with Crippen LogP contribution in [-0.2, 0) is 4.79 Å². The van der Waals surface area contributed by atoms with Crippen molar-refractivity contribution in [2.75, 3.05) is 6.61 Å². The summed E-state index contributed by atoms with van der Waals surface area (Å²) in [6, 6.07) is 2.27. The minimum absolute atomic E-state index is 0.0951. The van der Waals surface area contributed by atoms with E-state index in [0.717, 1.165) is 6.07 Å². The SMILES string of the molecule is CC(COc1cc(Br)cc(F)c1F)C(N)=O. The highest BCUT2D eigenvalue weighted by molar-refractivity contribution is 9.10. The van der Waals surface area contributed by atoms with E-state index in [1.54, 1.807) is 0 Å². The first-order valence-electron chi connectivity index (χ1n) is 4.48. The number of primary amides is 1. The third kappa shape index (κ3) is 3.16. The Labute approximate surface area is 99.7 Å². The molecule has 16 heavy (non-hydrogen) atoms. The van der Waals surface area contributed by atoms with Gasteiger partial charge in [-0.3, -0.25) is 4.79 Å². The summed E-state index contributed by atoms with van der Waals surface area (Å²) in [6.45, 7) is 1.44. The molecule has 0 bridgehead atoms. The summed E-state index contributed by atoms with van der Waals surface area (Å²) in [5.74, 6) is -3.48. The number of halogens is 3. The van der Waals surface area contributed by atoms with E-state index in [2.05, 4.69) is 15.9 Å². The van der Waals surface area contributed by atoms with E-state index >= 15 is 0 Å². The smallest absolute Gasteiger partial charge is 0.223 e. The molecule has 1 unspecified atom stereocenters. The normalized spacial score (nSPS) is 12.2. The van der Waals surface area contributed by atoms with Gasteiger partial charge in [0, 0.05) is 4.47 Å². The van der Waals surface area contributed by atoms with Crippen LogP contribution in [-0.4, -0.2) is 12.5 Å². The van der Waals surface area contributed by atoms with Crippen LogP contribution in [0.5, 0.6) is 5.75 Å². The van der Waals surface area contributed by atoms with Crippen molar-refractivity contribution < 1.29 is 18.3 Å². The monoisotopic (exact) mass is 293 g/mol. The maximum absolute atomic E-state index is 13.2. The summed E-state index contributed by atoms with van der Waals surface area (Å²) < 4.78 is 31.5. The Morgan fingerprint density at radius 1 is 1.56 bits per heavy atom. The minimum Gasteiger partial charge on any atom is -0.490 e. The van der Waals surface area contributed by atoms with Crippen LogP contribution in [0.2, 0.25) is 0 Å². The molecule has 0 aliphatic heterocycles. The molecule has 1 aromatic rings. The molecule has 0 saturated heterocycles. The molecule has 0 aliphatic rings. The van der Waals surface area contributed by atoms with Crippen LogP contribution in [0.25, 0.3) is 0 Å². The summed E-state index contributed by atoms with van der Waals surface area (Å²) in [5, 5.41) is 0. The molecular formula is C10H10BrF2NO2. The number of benzene rings is 1. The van der Waals surface area contributed by atoms with Crippen molar-refractivity contribution in [2.24, 2.45) is 11.7 Å². The fourth-order valence-corrected chi connectivity index (χ4v) is 1.34. The van der Waals surface area contributed by atoms with Crippen LogP contribution in [0.1, 0.15) is 6.92 Å². The van der Waals surface area contributed by atoms with Crippen molar-refractivity contribution in [3.05, 3.63) is 28.2 Å². The average Bonchev–Trinajstić information content (AvgIpc) is 2.20. The first-order valence-corrected chi connectivity index (χ1v) is 5.27. The lowest BCUT2D eigenvalue weighted by molar-refractivity contribution is -0.122. The molecule has 1 rings (SSSR count). The van der Waals surface area contributed by atoms with Crippen LogP contribution in [0.15, 0.2) is 16.6 Å². The van der Waals surface area contributed by atoms with Gasteiger partial charge in [0.25, 0.3) is 0 Å². The summed E-state index contributed by atoms with van der Waals surface area (Å²) in [7, 11) is 0. The number of amides is 1. The predicted molar refractivity (Wildman–Crippen MR) is 57.9 cm³/mol. The van der Waals surface area contributed by atoms with Crippen LogP contribution in [0, 0.1) is 17.6 Å². The van der Waals surface area contributed by atoms with E-state index in [1.807, 2.05) is 0 Å². The second-order valence-corrected chi connectivity index (χ2v) is 4.23. The van der Waals surface area contributed by atoms with Crippen molar-refractivity contribution in [1.82, 2.24) is 0 Å². The van der Waals surface area contributed by atoms with Crippen LogP contribution in [0.3, 0.4) is 0 Å². The topological polar surface area (TPSA) is 52.3 Å². The van der Waals surface area contributed by atoms with Crippen molar-refractivity contribution in [3.8, 4) is 5.75 Å². The molecule has 3 nitrogen and oxygen atoms in total. The van der Waals surface area contributed by atoms with Crippen molar-refractivity contribution >= 4 is 21.8 Å². The number of nitrogens with two attached hydrogens (primary N) is 1. The van der Waals surface area contributed by atoms with Crippen molar-refractivity contribution in [3.63, 3.8) is 0 Å². The van der Waals surface area contributed by atoms with Crippen LogP contribution < -0.4 is 10.5 Å². The molecule has 0 radical (unpaired) electrons. The van der Waals surface area contributed by atoms with Crippen molar-refractivity contribution in [1.29, 1.82) is 0 Å². The zero-order valence-electron chi connectivity index (χ0n) is 8.47. The Morgan fingerprint density at radius 2 is 2.19 bits per heavy atom. The molecule has 0 spiro atoms. The minimum atomic E-state index is -1.08. The zero-order chi connectivity index (χ0) is 12.3. The summed E-state index contributed by atoms with van der Waals surface area (Å²) in [6.07, 6.45) is 0. The van der Waals surface area contributed by atoms with Gasteiger partial charge in [-0.15, -0.1) is 0 Å². The number of rotatable bonds is 4. The fourth-order valence-electron chi connectivity index (χ4n) is 0.934. The van der Waals surface area contributed by atoms with Gasteiger partial charge in [0.05, 0.1) is 12.5 Å². The van der Waals surface area contributed by atoms with Gasteiger partial charge >= 0.3 is 0 Å². The van der Waals surface area contributed by atoms with Gasteiger partial charge in [-0.05, 0) is 12.1 Å². The Bertz CT molecular complexity index is 412. The molecule has 1 atom stereocenters. The van der Waals surface area contributed by atoms with E-state index in [4.69, 9.17) is 10.5 Å². The zero-order valence-corrected chi connectivity index (χ0v) is 10.1. The lowest BCUT2D eigenvalue weighted by atomic mass is 10.2. The molecule has 0 aromatic heterocycles. The highest BCUT2D eigenvalue weighted by atomic mass is 79.9. The second kappa shape index (κ2) is 5.25. The van der Waals surface area contributed by atoms with E-state index in [0.29, 0.717) is 4.47 Å². The molecule has 0 saturated carbocycles. The highest BCUT2D eigenvalue weighted by Crippen LogP contribution is 2.25. The van der Waals surface area contributed by atoms with Gasteiger partial charge < -0.3 is 10.5 Å². The summed E-state index contributed by atoms with van der Waals surface area (Å²) in [5.41, 5.74) is 5.00. The standard InChI is InChI=1S/C10H10BrF2NO2/c1-5(10(14)15)4-16-8-3-6(11)2-7(12)9(8)13/h2-3,5H,4H2,1H3,(H2,14,15). The molecule has 0 heterocycles. The first-order chi connectivity index (χ1) is 7.41. The third-order valence-corrected chi connectivity index (χ3v) is 2.39. The van der Waals surface area contributed by atoms with E-state index in [9.17, 15) is 13.6 Å².